The summed E-state index contributed by atoms with van der Waals surface area (Å²) in [4.78, 5) is 35.8. The number of benzene rings is 1. The standard InChI is InChI=1S/C25H25F4N5O3/c1-13(35)34-9-6-20-17(12-34)22-21(18(26)11-31-23(22)32-20)14-4-7-33(8-5-14)24(36)16-3-2-15(10-19(16)30)37-25(27,28)29/h2-3,10-11,14H,4-9,12,30H2,1H3,(H,31,32). The zero-order valence-corrected chi connectivity index (χ0v) is 20.0. The average Bonchev–Trinajstić information content (AvgIpc) is 3.21. The van der Waals surface area contributed by atoms with Crippen LogP contribution >= 0.6 is 0 Å². The van der Waals surface area contributed by atoms with E-state index < -0.39 is 23.8 Å². The predicted molar refractivity (Wildman–Crippen MR) is 126 cm³/mol. The Hall–Kier alpha value is -3.83. The molecule has 0 spiro atoms. The highest BCUT2D eigenvalue weighted by molar-refractivity contribution is 5.99. The minimum absolute atomic E-state index is 0.0463. The van der Waals surface area contributed by atoms with Gasteiger partial charge in [-0.25, -0.2) is 9.37 Å². The third kappa shape index (κ3) is 4.79. The first-order valence-corrected chi connectivity index (χ1v) is 11.9. The molecule has 0 aliphatic carbocycles. The van der Waals surface area contributed by atoms with Crippen molar-refractivity contribution >= 4 is 28.5 Å². The largest absolute Gasteiger partial charge is 0.573 e. The lowest BCUT2D eigenvalue weighted by Crippen LogP contribution is -2.38. The van der Waals surface area contributed by atoms with Gasteiger partial charge >= 0.3 is 6.36 Å². The highest BCUT2D eigenvalue weighted by Crippen LogP contribution is 2.39. The summed E-state index contributed by atoms with van der Waals surface area (Å²) < 4.78 is 56.4. The van der Waals surface area contributed by atoms with E-state index in [0.29, 0.717) is 62.0 Å². The van der Waals surface area contributed by atoms with Gasteiger partial charge in [-0.05, 0) is 30.9 Å². The number of rotatable bonds is 3. The third-order valence-electron chi connectivity index (χ3n) is 7.11. The molecule has 2 amide bonds. The number of H-pyrrole nitrogens is 1. The van der Waals surface area contributed by atoms with Crippen LogP contribution in [0.2, 0.25) is 0 Å². The lowest BCUT2D eigenvalue weighted by atomic mass is 9.86. The summed E-state index contributed by atoms with van der Waals surface area (Å²) in [6.45, 7) is 3.11. The van der Waals surface area contributed by atoms with Crippen LogP contribution < -0.4 is 10.5 Å². The number of nitrogens with zero attached hydrogens (tertiary/aromatic N) is 3. The van der Waals surface area contributed by atoms with Crippen LogP contribution in [0.25, 0.3) is 11.0 Å². The molecule has 0 bridgehead atoms. The van der Waals surface area contributed by atoms with E-state index in [0.717, 1.165) is 23.4 Å². The van der Waals surface area contributed by atoms with E-state index in [1.807, 2.05) is 0 Å². The van der Waals surface area contributed by atoms with Crippen molar-refractivity contribution in [3.63, 3.8) is 0 Å². The summed E-state index contributed by atoms with van der Waals surface area (Å²) in [6, 6.07) is 3.23. The Kier molecular flexibility index (Phi) is 6.20. The molecule has 0 atom stereocenters. The van der Waals surface area contributed by atoms with Gasteiger partial charge in [-0.1, -0.05) is 0 Å². The number of carbonyl (C=O) groups is 2. The summed E-state index contributed by atoms with van der Waals surface area (Å²) in [5, 5.41) is 0.704. The second kappa shape index (κ2) is 9.24. The van der Waals surface area contributed by atoms with Crippen molar-refractivity contribution in [2.24, 2.45) is 0 Å². The lowest BCUT2D eigenvalue weighted by molar-refractivity contribution is -0.274. The number of pyridine rings is 1. The fourth-order valence-corrected chi connectivity index (χ4v) is 5.32. The molecule has 1 aromatic carbocycles. The number of aromatic nitrogens is 2. The Labute approximate surface area is 209 Å². The third-order valence-corrected chi connectivity index (χ3v) is 7.11. The SMILES string of the molecule is CC(=O)N1CCc2[nH]c3ncc(F)c(C4CCN(C(=O)c5ccc(OC(F)(F)F)cc5N)CC4)c3c2C1. The molecule has 37 heavy (non-hydrogen) atoms. The van der Waals surface area contributed by atoms with Crippen molar-refractivity contribution in [3.8, 4) is 5.75 Å². The number of halogens is 4. The molecule has 8 nitrogen and oxygen atoms in total. The van der Waals surface area contributed by atoms with Gasteiger partial charge in [-0.3, -0.25) is 9.59 Å². The van der Waals surface area contributed by atoms with Gasteiger partial charge in [0.1, 0.15) is 17.2 Å². The predicted octanol–water partition coefficient (Wildman–Crippen LogP) is 4.11. The van der Waals surface area contributed by atoms with Gasteiger partial charge < -0.3 is 25.3 Å². The van der Waals surface area contributed by atoms with Gasteiger partial charge in [0.25, 0.3) is 5.91 Å². The smallest absolute Gasteiger partial charge is 0.406 e. The van der Waals surface area contributed by atoms with E-state index in [4.69, 9.17) is 5.73 Å². The molecule has 3 aromatic rings. The Bertz CT molecular complexity index is 1380. The number of fused-ring (bicyclic) bond motifs is 3. The number of ether oxygens (including phenoxy) is 1. The van der Waals surface area contributed by atoms with Crippen LogP contribution in [0.1, 0.15) is 52.9 Å². The molecule has 4 heterocycles. The van der Waals surface area contributed by atoms with E-state index in [9.17, 15) is 22.8 Å². The molecule has 2 aliphatic heterocycles. The molecule has 1 saturated heterocycles. The van der Waals surface area contributed by atoms with Crippen molar-refractivity contribution in [3.05, 3.63) is 52.6 Å². The highest BCUT2D eigenvalue weighted by Gasteiger charge is 2.33. The number of alkyl halides is 3. The summed E-state index contributed by atoms with van der Waals surface area (Å²) >= 11 is 0. The topological polar surface area (TPSA) is 105 Å². The molecule has 0 radical (unpaired) electrons. The van der Waals surface area contributed by atoms with E-state index >= 15 is 4.39 Å². The first-order valence-electron chi connectivity index (χ1n) is 11.9. The van der Waals surface area contributed by atoms with Crippen LogP contribution in [0.5, 0.6) is 5.75 Å². The quantitative estimate of drug-likeness (QED) is 0.401. The number of likely N-dealkylation sites (tertiary alicyclic amines) is 1. The molecule has 0 unspecified atom stereocenters. The monoisotopic (exact) mass is 519 g/mol. The Morgan fingerprint density at radius 1 is 1.16 bits per heavy atom. The molecular weight excluding hydrogens is 494 g/mol. The fourth-order valence-electron chi connectivity index (χ4n) is 5.32. The maximum absolute atomic E-state index is 15.2. The van der Waals surface area contributed by atoms with Crippen molar-refractivity contribution in [2.45, 2.75) is 45.0 Å². The molecule has 3 N–H and O–H groups in total. The van der Waals surface area contributed by atoms with Crippen LogP contribution in [0.15, 0.2) is 24.4 Å². The number of anilines is 1. The van der Waals surface area contributed by atoms with Crippen LogP contribution in [0, 0.1) is 5.82 Å². The normalized spacial score (nSPS) is 16.7. The van der Waals surface area contributed by atoms with Gasteiger partial charge in [-0.2, -0.15) is 0 Å². The zero-order valence-electron chi connectivity index (χ0n) is 20.0. The van der Waals surface area contributed by atoms with E-state index in [-0.39, 0.29) is 23.1 Å². The first-order chi connectivity index (χ1) is 17.5. The molecule has 1 fully saturated rings. The number of nitrogens with two attached hydrogens (primary N) is 1. The second-order valence-corrected chi connectivity index (χ2v) is 9.38. The molecule has 12 heteroatoms. The van der Waals surface area contributed by atoms with Crippen LogP contribution in [-0.2, 0) is 17.8 Å². The zero-order chi connectivity index (χ0) is 26.5. The van der Waals surface area contributed by atoms with Crippen LogP contribution in [-0.4, -0.2) is 57.6 Å². The van der Waals surface area contributed by atoms with E-state index in [1.54, 1.807) is 9.80 Å². The molecule has 2 aliphatic rings. The van der Waals surface area contributed by atoms with Crippen molar-refractivity contribution in [1.82, 2.24) is 19.8 Å². The summed E-state index contributed by atoms with van der Waals surface area (Å²) in [5.74, 6) is -1.57. The van der Waals surface area contributed by atoms with Gasteiger partial charge in [0.15, 0.2) is 0 Å². The average molecular weight is 519 g/mol. The second-order valence-electron chi connectivity index (χ2n) is 9.38. The van der Waals surface area contributed by atoms with Crippen LogP contribution in [0.4, 0.5) is 23.2 Å². The Balaban J connectivity index is 1.35. The minimum Gasteiger partial charge on any atom is -0.406 e. The summed E-state index contributed by atoms with van der Waals surface area (Å²) in [5.41, 5.74) is 8.76. The van der Waals surface area contributed by atoms with E-state index in [1.165, 1.54) is 19.2 Å². The van der Waals surface area contributed by atoms with Crippen LogP contribution in [0.3, 0.4) is 0 Å². The molecule has 5 rings (SSSR count). The van der Waals surface area contributed by atoms with Crippen molar-refractivity contribution in [1.29, 1.82) is 0 Å². The summed E-state index contributed by atoms with van der Waals surface area (Å²) in [6.07, 6.45) is -2.07. The number of aromatic amines is 1. The van der Waals surface area contributed by atoms with Gasteiger partial charge in [0, 0.05) is 73.5 Å². The number of amides is 2. The number of carbonyl (C=O) groups excluding carboxylic acids is 2. The maximum Gasteiger partial charge on any atom is 0.573 e. The molecular formula is C25H25F4N5O3. The number of nitrogens with one attached hydrogen (secondary N) is 1. The Morgan fingerprint density at radius 2 is 1.89 bits per heavy atom. The van der Waals surface area contributed by atoms with E-state index in [2.05, 4.69) is 14.7 Å². The molecule has 196 valence electrons. The fraction of sp³-hybridized carbons (Fsp3) is 0.400. The van der Waals surface area contributed by atoms with Crippen molar-refractivity contribution < 1.29 is 31.9 Å². The minimum atomic E-state index is -4.86. The summed E-state index contributed by atoms with van der Waals surface area (Å²) in [7, 11) is 0. The Morgan fingerprint density at radius 3 is 2.54 bits per heavy atom. The first kappa shape index (κ1) is 24.8. The van der Waals surface area contributed by atoms with Gasteiger partial charge in [-0.15, -0.1) is 13.2 Å². The number of nitrogen functional groups attached to an aromatic ring is 1. The maximum atomic E-state index is 15.2. The van der Waals surface area contributed by atoms with Crippen molar-refractivity contribution in [2.75, 3.05) is 25.4 Å². The number of piperidine rings is 1. The highest BCUT2D eigenvalue weighted by atomic mass is 19.4. The lowest BCUT2D eigenvalue weighted by Gasteiger charge is -2.33. The van der Waals surface area contributed by atoms with Gasteiger partial charge in [0.2, 0.25) is 5.91 Å². The molecule has 0 saturated carbocycles. The van der Waals surface area contributed by atoms with Gasteiger partial charge in [0.05, 0.1) is 11.8 Å². The molecule has 2 aromatic heterocycles. The number of hydrogen-bond donors (Lipinski definition) is 2. The number of hydrogen-bond acceptors (Lipinski definition) is 5.